The third kappa shape index (κ3) is 2.45. The molecule has 6 aromatic rings. The quantitative estimate of drug-likeness (QED) is 0.287. The highest BCUT2D eigenvalue weighted by molar-refractivity contribution is 7.22. The van der Waals surface area contributed by atoms with E-state index in [1.807, 2.05) is 18.6 Å². The number of pyridine rings is 2. The average Bonchev–Trinajstić information content (AvgIpc) is 3.22. The Bertz CT molecular complexity index is 1670. The molecule has 160 valence electrons. The second-order valence-electron chi connectivity index (χ2n) is 9.10. The summed E-state index contributed by atoms with van der Waals surface area (Å²) in [5, 5.41) is 10.5. The highest BCUT2D eigenvalue weighted by Gasteiger charge is 2.51. The van der Waals surface area contributed by atoms with Crippen LogP contribution in [0.15, 0.2) is 116 Å². The van der Waals surface area contributed by atoms with E-state index in [0.717, 1.165) is 0 Å². The van der Waals surface area contributed by atoms with Crippen molar-refractivity contribution in [2.24, 2.45) is 0 Å². The average molecular weight is 451 g/mol. The maximum absolute atomic E-state index is 5.15. The van der Waals surface area contributed by atoms with Crippen molar-refractivity contribution in [2.75, 3.05) is 0 Å². The molecule has 0 radical (unpaired) electrons. The lowest BCUT2D eigenvalue weighted by Crippen LogP contribution is -2.73. The first-order valence-corrected chi connectivity index (χ1v) is 13.7. The summed E-state index contributed by atoms with van der Waals surface area (Å²) >= 11 is 0. The lowest BCUT2D eigenvalue weighted by Gasteiger charge is -2.31. The van der Waals surface area contributed by atoms with E-state index in [2.05, 4.69) is 109 Å². The molecule has 0 bridgehead atoms. The zero-order chi connectivity index (χ0) is 22.7. The molecule has 0 unspecified atom stereocenters. The Kier molecular flexibility index (Phi) is 4.11. The summed E-state index contributed by atoms with van der Waals surface area (Å²) in [6.45, 7) is 2.18. The number of hydrogen-bond donors (Lipinski definition) is 0. The van der Waals surface area contributed by atoms with Crippen molar-refractivity contribution in [3.63, 3.8) is 0 Å². The van der Waals surface area contributed by atoms with E-state index in [0.29, 0.717) is 0 Å². The van der Waals surface area contributed by atoms with Crippen molar-refractivity contribution >= 4 is 50.5 Å². The molecule has 34 heavy (non-hydrogen) atoms. The maximum atomic E-state index is 5.15. The molecule has 0 saturated heterocycles. The number of nitrogens with zero attached hydrogens (tertiary/aromatic N) is 2. The Morgan fingerprint density at radius 1 is 0.618 bits per heavy atom. The third-order valence-electron chi connectivity index (χ3n) is 7.30. The van der Waals surface area contributed by atoms with Crippen LogP contribution in [0.5, 0.6) is 0 Å². The van der Waals surface area contributed by atoms with E-state index < -0.39 is 8.07 Å². The Morgan fingerprint density at radius 2 is 1.35 bits per heavy atom. The smallest absolute Gasteiger partial charge is 0.203 e. The first kappa shape index (κ1) is 19.4. The SMILES string of the molecule is Cc1ccc2c3c(c4cnccc4c2c1)-c1cccnc1[Si]3(c1ccccc1)c1ccccc1. The third-order valence-corrected chi connectivity index (χ3v) is 12.1. The number of aromatic nitrogens is 2. The Labute approximate surface area is 199 Å². The normalized spacial score (nSPS) is 13.7. The molecule has 3 heteroatoms. The maximum Gasteiger partial charge on any atom is 0.203 e. The standard InChI is InChI=1S/C31H22N2Si/c1-21-14-15-25-27(19-21)24-16-18-32-20-28(24)29-26-13-8-17-33-31(26)34(30(25)29,22-9-4-2-5-10-22)23-11-6-3-7-12-23/h2-20H,1H3. The summed E-state index contributed by atoms with van der Waals surface area (Å²) in [5.41, 5.74) is 3.82. The van der Waals surface area contributed by atoms with Crippen LogP contribution in [0.3, 0.4) is 0 Å². The molecule has 2 aromatic heterocycles. The van der Waals surface area contributed by atoms with Gasteiger partial charge < -0.3 is 0 Å². The van der Waals surface area contributed by atoms with E-state index in [4.69, 9.17) is 4.98 Å². The molecule has 0 N–H and O–H groups in total. The van der Waals surface area contributed by atoms with Gasteiger partial charge in [-0.2, -0.15) is 0 Å². The van der Waals surface area contributed by atoms with Gasteiger partial charge in [0.05, 0.1) is 0 Å². The van der Waals surface area contributed by atoms with Crippen LogP contribution < -0.4 is 20.9 Å². The van der Waals surface area contributed by atoms with E-state index >= 15 is 0 Å². The van der Waals surface area contributed by atoms with Crippen LogP contribution in [0.1, 0.15) is 5.56 Å². The monoisotopic (exact) mass is 450 g/mol. The number of fused-ring (bicyclic) bond motifs is 8. The molecule has 0 atom stereocenters. The van der Waals surface area contributed by atoms with Gasteiger partial charge in [0.15, 0.2) is 0 Å². The van der Waals surface area contributed by atoms with Crippen molar-refractivity contribution in [3.05, 3.63) is 121 Å². The summed E-state index contributed by atoms with van der Waals surface area (Å²) in [5.74, 6) is 0. The number of hydrogen-bond acceptors (Lipinski definition) is 2. The minimum Gasteiger partial charge on any atom is -0.264 e. The Morgan fingerprint density at radius 3 is 2.09 bits per heavy atom. The van der Waals surface area contributed by atoms with Crippen LogP contribution in [0.2, 0.25) is 0 Å². The molecular weight excluding hydrogens is 428 g/mol. The predicted octanol–water partition coefficient (Wildman–Crippen LogP) is 4.45. The first-order chi connectivity index (χ1) is 16.8. The molecule has 3 heterocycles. The summed E-state index contributed by atoms with van der Waals surface area (Å²) in [6.07, 6.45) is 5.92. The minimum atomic E-state index is -2.66. The summed E-state index contributed by atoms with van der Waals surface area (Å²) < 4.78 is 0. The van der Waals surface area contributed by atoms with Crippen LogP contribution >= 0.6 is 0 Å². The van der Waals surface area contributed by atoms with Crippen molar-refractivity contribution in [2.45, 2.75) is 6.92 Å². The van der Waals surface area contributed by atoms with Crippen LogP contribution in [0, 0.1) is 6.92 Å². The highest BCUT2D eigenvalue weighted by Crippen LogP contribution is 2.38. The number of benzene rings is 4. The van der Waals surface area contributed by atoms with Gasteiger partial charge in [-0.1, -0.05) is 90.5 Å². The predicted molar refractivity (Wildman–Crippen MR) is 144 cm³/mol. The lowest BCUT2D eigenvalue weighted by atomic mass is 9.94. The summed E-state index contributed by atoms with van der Waals surface area (Å²) in [4.78, 5) is 9.73. The molecular formula is C31H22N2Si. The van der Waals surface area contributed by atoms with E-state index in [9.17, 15) is 0 Å². The lowest BCUT2D eigenvalue weighted by molar-refractivity contribution is 1.36. The van der Waals surface area contributed by atoms with Gasteiger partial charge in [-0.15, -0.1) is 0 Å². The molecule has 0 fully saturated rings. The van der Waals surface area contributed by atoms with Crippen LogP contribution in [0.25, 0.3) is 32.7 Å². The van der Waals surface area contributed by atoms with Crippen LogP contribution in [-0.2, 0) is 0 Å². The fourth-order valence-corrected chi connectivity index (χ4v) is 11.2. The van der Waals surface area contributed by atoms with Gasteiger partial charge in [0.1, 0.15) is 0 Å². The first-order valence-electron chi connectivity index (χ1n) is 11.7. The fraction of sp³-hybridized carbons (Fsp3) is 0.0323. The second-order valence-corrected chi connectivity index (χ2v) is 12.7. The van der Waals surface area contributed by atoms with Gasteiger partial charge in [-0.05, 0) is 56.3 Å². The number of rotatable bonds is 2. The van der Waals surface area contributed by atoms with Gasteiger partial charge in [0.2, 0.25) is 8.07 Å². The highest BCUT2D eigenvalue weighted by atomic mass is 28.3. The topological polar surface area (TPSA) is 25.8 Å². The zero-order valence-corrected chi connectivity index (χ0v) is 19.9. The van der Waals surface area contributed by atoms with Gasteiger partial charge in [0, 0.05) is 34.9 Å². The molecule has 4 aromatic carbocycles. The molecule has 2 nitrogen and oxygen atoms in total. The molecule has 1 aliphatic heterocycles. The van der Waals surface area contributed by atoms with Gasteiger partial charge in [0.25, 0.3) is 0 Å². The molecule has 0 amide bonds. The van der Waals surface area contributed by atoms with Gasteiger partial charge in [-0.25, -0.2) is 0 Å². The van der Waals surface area contributed by atoms with Crippen molar-refractivity contribution in [3.8, 4) is 11.1 Å². The minimum absolute atomic E-state index is 1.21. The molecule has 0 saturated carbocycles. The van der Waals surface area contributed by atoms with Gasteiger partial charge >= 0.3 is 0 Å². The largest absolute Gasteiger partial charge is 0.264 e. The Hall–Kier alpha value is -4.08. The van der Waals surface area contributed by atoms with Crippen LogP contribution in [-0.4, -0.2) is 18.0 Å². The molecule has 1 aliphatic rings. The second kappa shape index (κ2) is 7.21. The van der Waals surface area contributed by atoms with E-state index in [1.165, 1.54) is 59.1 Å². The zero-order valence-electron chi connectivity index (χ0n) is 18.9. The Balaban J connectivity index is 1.81. The molecule has 0 spiro atoms. The van der Waals surface area contributed by atoms with E-state index in [1.54, 1.807) is 0 Å². The van der Waals surface area contributed by atoms with Crippen molar-refractivity contribution < 1.29 is 0 Å². The summed E-state index contributed by atoms with van der Waals surface area (Å²) in [6, 6.07) is 35.5. The summed E-state index contributed by atoms with van der Waals surface area (Å²) in [7, 11) is -2.66. The van der Waals surface area contributed by atoms with Gasteiger partial charge in [-0.3, -0.25) is 9.97 Å². The van der Waals surface area contributed by atoms with Crippen molar-refractivity contribution in [1.82, 2.24) is 9.97 Å². The van der Waals surface area contributed by atoms with Crippen LogP contribution in [0.4, 0.5) is 0 Å². The fourth-order valence-electron chi connectivity index (χ4n) is 6.00. The molecule has 7 rings (SSSR count). The van der Waals surface area contributed by atoms with E-state index in [-0.39, 0.29) is 0 Å². The molecule has 0 aliphatic carbocycles. The van der Waals surface area contributed by atoms with Crippen molar-refractivity contribution in [1.29, 1.82) is 0 Å². The number of aryl methyl sites for hydroxylation is 1.